The van der Waals surface area contributed by atoms with Gasteiger partial charge in [-0.1, -0.05) is 26.0 Å². The molecule has 0 aliphatic carbocycles. The molecular formula is C20H25N3OS2. The van der Waals surface area contributed by atoms with Gasteiger partial charge in [-0.05, 0) is 37.7 Å². The van der Waals surface area contributed by atoms with Gasteiger partial charge in [0.1, 0.15) is 21.9 Å². The smallest absolute Gasteiger partial charge is 0.128 e. The first-order valence-electron chi connectivity index (χ1n) is 8.91. The summed E-state index contributed by atoms with van der Waals surface area (Å²) in [6.45, 7) is 9.83. The van der Waals surface area contributed by atoms with Crippen LogP contribution < -0.4 is 4.74 Å². The number of hydrogen-bond acceptors (Lipinski definition) is 6. The van der Waals surface area contributed by atoms with E-state index in [-0.39, 0.29) is 0 Å². The molecule has 4 nitrogen and oxygen atoms in total. The molecule has 138 valence electrons. The number of methoxy groups -OCH3 is 1. The van der Waals surface area contributed by atoms with Crippen molar-refractivity contribution in [3.8, 4) is 16.9 Å². The van der Waals surface area contributed by atoms with E-state index in [0.29, 0.717) is 0 Å². The van der Waals surface area contributed by atoms with Gasteiger partial charge in [0, 0.05) is 22.7 Å². The third kappa shape index (κ3) is 4.03. The van der Waals surface area contributed by atoms with Crippen LogP contribution in [0.5, 0.6) is 5.75 Å². The summed E-state index contributed by atoms with van der Waals surface area (Å²) in [6.07, 6.45) is 1.69. The Bertz CT molecular complexity index is 857. The number of fused-ring (bicyclic) bond motifs is 1. The van der Waals surface area contributed by atoms with E-state index in [2.05, 4.69) is 47.8 Å². The second-order valence-corrected chi connectivity index (χ2v) is 8.28. The average Bonchev–Trinajstić information content (AvgIpc) is 3.02. The fraction of sp³-hybridized carbons (Fsp3) is 0.400. The molecule has 2 heterocycles. The molecule has 1 aromatic carbocycles. The van der Waals surface area contributed by atoms with Gasteiger partial charge in [-0.15, -0.1) is 23.1 Å². The molecule has 2 aromatic heterocycles. The van der Waals surface area contributed by atoms with Crippen molar-refractivity contribution in [2.45, 2.75) is 25.8 Å². The van der Waals surface area contributed by atoms with E-state index in [9.17, 15) is 0 Å². The van der Waals surface area contributed by atoms with Crippen LogP contribution in [0.3, 0.4) is 0 Å². The Morgan fingerprint density at radius 1 is 1.12 bits per heavy atom. The Morgan fingerprint density at radius 2 is 1.85 bits per heavy atom. The number of rotatable bonds is 8. The summed E-state index contributed by atoms with van der Waals surface area (Å²) in [4.78, 5) is 13.9. The maximum absolute atomic E-state index is 5.29. The van der Waals surface area contributed by atoms with Crippen LogP contribution in [0, 0.1) is 6.92 Å². The lowest BCUT2D eigenvalue weighted by atomic mass is 10.0. The number of aryl methyl sites for hydroxylation is 1. The normalized spacial score (nSPS) is 11.4. The maximum Gasteiger partial charge on any atom is 0.128 e. The maximum atomic E-state index is 5.29. The monoisotopic (exact) mass is 387 g/mol. The van der Waals surface area contributed by atoms with Gasteiger partial charge in [0.15, 0.2) is 0 Å². The molecule has 0 atom stereocenters. The van der Waals surface area contributed by atoms with E-state index in [1.807, 2.05) is 23.9 Å². The predicted octanol–water partition coefficient (Wildman–Crippen LogP) is 5.11. The van der Waals surface area contributed by atoms with E-state index in [4.69, 9.17) is 4.74 Å². The third-order valence-corrected chi connectivity index (χ3v) is 6.53. The molecule has 26 heavy (non-hydrogen) atoms. The molecule has 0 aliphatic heterocycles. The van der Waals surface area contributed by atoms with E-state index in [0.717, 1.165) is 41.0 Å². The lowest BCUT2D eigenvalue weighted by Gasteiger charge is -2.17. The van der Waals surface area contributed by atoms with Crippen LogP contribution in [0.15, 0.2) is 35.6 Å². The summed E-state index contributed by atoms with van der Waals surface area (Å²) in [5.41, 5.74) is 2.44. The number of aromatic nitrogens is 2. The zero-order valence-corrected chi connectivity index (χ0v) is 17.4. The molecule has 0 saturated heterocycles. The van der Waals surface area contributed by atoms with E-state index < -0.39 is 0 Å². The molecule has 0 unspecified atom stereocenters. The number of thioether (sulfide) groups is 1. The van der Waals surface area contributed by atoms with Gasteiger partial charge in [-0.3, -0.25) is 0 Å². The molecule has 6 heteroatoms. The fourth-order valence-electron chi connectivity index (χ4n) is 3.04. The fourth-order valence-corrected chi connectivity index (χ4v) is 5.13. The molecule has 0 spiro atoms. The minimum atomic E-state index is 0.871. The molecule has 3 rings (SSSR count). The van der Waals surface area contributed by atoms with Crippen LogP contribution in [0.4, 0.5) is 0 Å². The summed E-state index contributed by atoms with van der Waals surface area (Å²) in [5, 5.41) is 2.27. The number of benzene rings is 1. The van der Waals surface area contributed by atoms with Crippen molar-refractivity contribution in [2.75, 3.05) is 32.5 Å². The summed E-state index contributed by atoms with van der Waals surface area (Å²) in [5.74, 6) is 1.90. The number of nitrogens with zero attached hydrogens (tertiary/aromatic N) is 3. The van der Waals surface area contributed by atoms with Crippen molar-refractivity contribution in [3.05, 3.63) is 35.5 Å². The molecule has 0 amide bonds. The van der Waals surface area contributed by atoms with Gasteiger partial charge in [-0.25, -0.2) is 9.97 Å². The molecule has 0 aliphatic rings. The molecular weight excluding hydrogens is 362 g/mol. The van der Waals surface area contributed by atoms with Crippen LogP contribution >= 0.6 is 23.1 Å². The highest BCUT2D eigenvalue weighted by atomic mass is 32.2. The Kier molecular flexibility index (Phi) is 6.51. The van der Waals surface area contributed by atoms with Gasteiger partial charge in [-0.2, -0.15) is 0 Å². The van der Waals surface area contributed by atoms with Crippen LogP contribution in [0.2, 0.25) is 0 Å². The Balaban J connectivity index is 1.94. The van der Waals surface area contributed by atoms with Gasteiger partial charge in [0.05, 0.1) is 12.5 Å². The molecule has 0 bridgehead atoms. The largest absolute Gasteiger partial charge is 0.497 e. The van der Waals surface area contributed by atoms with E-state index >= 15 is 0 Å². The van der Waals surface area contributed by atoms with Gasteiger partial charge in [0.2, 0.25) is 0 Å². The highest BCUT2D eigenvalue weighted by Crippen LogP contribution is 2.41. The molecule has 0 saturated carbocycles. The quantitative estimate of drug-likeness (QED) is 0.397. The van der Waals surface area contributed by atoms with Crippen LogP contribution in [0.25, 0.3) is 21.3 Å². The van der Waals surface area contributed by atoms with Crippen molar-refractivity contribution in [1.82, 2.24) is 14.9 Å². The lowest BCUT2D eigenvalue weighted by Crippen LogP contribution is -2.25. The summed E-state index contributed by atoms with van der Waals surface area (Å²) < 4.78 is 5.29. The van der Waals surface area contributed by atoms with Gasteiger partial charge in [0.25, 0.3) is 0 Å². The van der Waals surface area contributed by atoms with Gasteiger partial charge >= 0.3 is 0 Å². The molecule has 0 radical (unpaired) electrons. The van der Waals surface area contributed by atoms with E-state index in [1.165, 1.54) is 21.4 Å². The van der Waals surface area contributed by atoms with Crippen molar-refractivity contribution in [3.63, 3.8) is 0 Å². The number of thiophene rings is 1. The topological polar surface area (TPSA) is 38.2 Å². The summed E-state index contributed by atoms with van der Waals surface area (Å²) in [7, 11) is 1.69. The number of hydrogen-bond donors (Lipinski definition) is 0. The first-order chi connectivity index (χ1) is 12.7. The Labute approximate surface area is 163 Å². The number of ether oxygens (including phenoxy) is 1. The second kappa shape index (κ2) is 8.84. The Morgan fingerprint density at radius 3 is 2.50 bits per heavy atom. The zero-order valence-electron chi connectivity index (χ0n) is 15.8. The van der Waals surface area contributed by atoms with E-state index in [1.54, 1.807) is 24.8 Å². The zero-order chi connectivity index (χ0) is 18.5. The van der Waals surface area contributed by atoms with Crippen molar-refractivity contribution < 1.29 is 4.74 Å². The summed E-state index contributed by atoms with van der Waals surface area (Å²) in [6, 6.07) is 8.25. The summed E-state index contributed by atoms with van der Waals surface area (Å²) >= 11 is 3.57. The van der Waals surface area contributed by atoms with Crippen LogP contribution in [-0.4, -0.2) is 47.4 Å². The highest BCUT2D eigenvalue weighted by Gasteiger charge is 2.17. The molecule has 0 N–H and O–H groups in total. The molecule has 0 fully saturated rings. The lowest BCUT2D eigenvalue weighted by molar-refractivity contribution is 0.324. The van der Waals surface area contributed by atoms with Crippen LogP contribution in [0.1, 0.15) is 18.7 Å². The first kappa shape index (κ1) is 19.1. The average molecular weight is 388 g/mol. The Hall–Kier alpha value is -1.63. The first-order valence-corrected chi connectivity index (χ1v) is 10.7. The predicted molar refractivity (Wildman–Crippen MR) is 113 cm³/mol. The second-order valence-electron chi connectivity index (χ2n) is 6.00. The third-order valence-electron chi connectivity index (χ3n) is 4.55. The standard InChI is InChI=1S/C20H25N3OS2/c1-5-23(6-2)11-12-25-19-18-17(14(3)26-20(18)22-13-21-19)15-7-9-16(24-4)10-8-15/h7-10,13H,5-6,11-12H2,1-4H3. The van der Waals surface area contributed by atoms with Gasteiger partial charge < -0.3 is 9.64 Å². The highest BCUT2D eigenvalue weighted by molar-refractivity contribution is 7.99. The van der Waals surface area contributed by atoms with Crippen molar-refractivity contribution in [2.24, 2.45) is 0 Å². The molecule has 3 aromatic rings. The minimum absolute atomic E-state index is 0.871. The SMILES string of the molecule is CCN(CC)CCSc1ncnc2sc(C)c(-c3ccc(OC)cc3)c12. The minimum Gasteiger partial charge on any atom is -0.497 e. The van der Waals surface area contributed by atoms with Crippen molar-refractivity contribution in [1.29, 1.82) is 0 Å². The van der Waals surface area contributed by atoms with Crippen molar-refractivity contribution >= 4 is 33.3 Å². The van der Waals surface area contributed by atoms with Crippen LogP contribution in [-0.2, 0) is 0 Å².